The summed E-state index contributed by atoms with van der Waals surface area (Å²) in [6.45, 7) is 6.10. The van der Waals surface area contributed by atoms with Gasteiger partial charge in [0.1, 0.15) is 5.60 Å². The lowest BCUT2D eigenvalue weighted by Gasteiger charge is -2.19. The van der Waals surface area contributed by atoms with Crippen molar-refractivity contribution in [3.8, 4) is 0 Å². The van der Waals surface area contributed by atoms with Crippen molar-refractivity contribution in [1.82, 2.24) is 10.6 Å². The molecule has 0 bridgehead atoms. The minimum Gasteiger partial charge on any atom is -0.444 e. The van der Waals surface area contributed by atoms with Crippen LogP contribution < -0.4 is 10.6 Å². The van der Waals surface area contributed by atoms with E-state index in [-0.39, 0.29) is 18.2 Å². The summed E-state index contributed by atoms with van der Waals surface area (Å²) in [6, 6.07) is 5.77. The van der Waals surface area contributed by atoms with E-state index in [2.05, 4.69) is 10.6 Å². The van der Waals surface area contributed by atoms with E-state index in [9.17, 15) is 4.79 Å². The molecule has 0 aliphatic heterocycles. The molecule has 6 heteroatoms. The number of hydrogen-bond donors (Lipinski definition) is 2. The molecule has 2 unspecified atom stereocenters. The Morgan fingerprint density at radius 2 is 1.90 bits per heavy atom. The average Bonchev–Trinajstić information content (AvgIpc) is 3.04. The lowest BCUT2D eigenvalue weighted by Crippen LogP contribution is -2.36. The summed E-state index contributed by atoms with van der Waals surface area (Å²) in [5.74, 6) is 0. The first-order valence-corrected chi connectivity index (χ1v) is 7.67. The van der Waals surface area contributed by atoms with E-state index in [1.165, 1.54) is 0 Å². The number of hydrogen-bond acceptors (Lipinski definition) is 3. The van der Waals surface area contributed by atoms with Gasteiger partial charge in [0, 0.05) is 34.2 Å². The zero-order valence-corrected chi connectivity index (χ0v) is 13.9. The van der Waals surface area contributed by atoms with E-state index in [0.717, 1.165) is 12.0 Å². The second-order valence-corrected chi connectivity index (χ2v) is 6.99. The van der Waals surface area contributed by atoms with Gasteiger partial charge in [0.25, 0.3) is 0 Å². The third-order valence-electron chi connectivity index (χ3n) is 3.10. The zero-order valence-electron chi connectivity index (χ0n) is 12.4. The van der Waals surface area contributed by atoms with E-state index in [1.54, 1.807) is 0 Å². The fourth-order valence-corrected chi connectivity index (χ4v) is 2.50. The highest BCUT2D eigenvalue weighted by atomic mass is 35.5. The standard InChI is InChI=1S/C15H20Cl2N2O2/c1-15(2,3)21-14(20)19-13-7-12(13)18-8-9-10(16)5-4-6-11(9)17/h4-6,12-13,18H,7-8H2,1-3H3,(H,19,20). The Bertz CT molecular complexity index is 509. The highest BCUT2D eigenvalue weighted by Gasteiger charge is 2.39. The van der Waals surface area contributed by atoms with Crippen molar-refractivity contribution in [3.63, 3.8) is 0 Å². The summed E-state index contributed by atoms with van der Waals surface area (Å²) >= 11 is 12.2. The largest absolute Gasteiger partial charge is 0.444 e. The number of ether oxygens (including phenoxy) is 1. The molecule has 4 nitrogen and oxygen atoms in total. The molecule has 21 heavy (non-hydrogen) atoms. The molecule has 1 aliphatic rings. The molecule has 116 valence electrons. The van der Waals surface area contributed by atoms with E-state index < -0.39 is 5.60 Å². The van der Waals surface area contributed by atoms with Crippen LogP contribution in [0.15, 0.2) is 18.2 Å². The van der Waals surface area contributed by atoms with Crippen LogP contribution >= 0.6 is 23.2 Å². The van der Waals surface area contributed by atoms with E-state index >= 15 is 0 Å². The first-order valence-electron chi connectivity index (χ1n) is 6.92. The summed E-state index contributed by atoms with van der Waals surface area (Å²) in [7, 11) is 0. The van der Waals surface area contributed by atoms with Crippen LogP contribution in [-0.4, -0.2) is 23.8 Å². The fourth-order valence-electron chi connectivity index (χ4n) is 1.97. The molecule has 1 aromatic rings. The summed E-state index contributed by atoms with van der Waals surface area (Å²) in [4.78, 5) is 11.6. The molecule has 0 radical (unpaired) electrons. The second kappa shape index (κ2) is 6.42. The van der Waals surface area contributed by atoms with Crippen LogP contribution in [0.25, 0.3) is 0 Å². The Kier molecular flexibility index (Phi) is 5.02. The molecule has 1 fully saturated rings. The Morgan fingerprint density at radius 3 is 2.48 bits per heavy atom. The van der Waals surface area contributed by atoms with Crippen LogP contribution in [0.3, 0.4) is 0 Å². The van der Waals surface area contributed by atoms with Crippen molar-refractivity contribution >= 4 is 29.3 Å². The van der Waals surface area contributed by atoms with Gasteiger partial charge >= 0.3 is 6.09 Å². The molecule has 1 saturated carbocycles. The van der Waals surface area contributed by atoms with Gasteiger partial charge in [-0.1, -0.05) is 29.3 Å². The monoisotopic (exact) mass is 330 g/mol. The normalized spacial score (nSPS) is 21.0. The average molecular weight is 331 g/mol. The number of carbonyl (C=O) groups is 1. The van der Waals surface area contributed by atoms with Crippen LogP contribution in [0.4, 0.5) is 4.79 Å². The van der Waals surface area contributed by atoms with Crippen molar-refractivity contribution in [2.45, 2.75) is 51.4 Å². The Balaban J connectivity index is 1.76. The van der Waals surface area contributed by atoms with Gasteiger partial charge in [0.15, 0.2) is 0 Å². The molecule has 1 aliphatic carbocycles. The maximum Gasteiger partial charge on any atom is 0.407 e. The highest BCUT2D eigenvalue weighted by Crippen LogP contribution is 2.27. The number of nitrogens with one attached hydrogen (secondary N) is 2. The molecule has 2 atom stereocenters. The second-order valence-electron chi connectivity index (χ2n) is 6.18. The van der Waals surface area contributed by atoms with Crippen molar-refractivity contribution in [1.29, 1.82) is 0 Å². The number of benzene rings is 1. The van der Waals surface area contributed by atoms with Crippen molar-refractivity contribution in [2.75, 3.05) is 0 Å². The van der Waals surface area contributed by atoms with Gasteiger partial charge in [-0.05, 0) is 39.3 Å². The third-order valence-corrected chi connectivity index (χ3v) is 3.80. The SMILES string of the molecule is CC(C)(C)OC(=O)NC1CC1NCc1c(Cl)cccc1Cl. The summed E-state index contributed by atoms with van der Waals surface area (Å²) in [5, 5.41) is 7.46. The van der Waals surface area contributed by atoms with Gasteiger partial charge in [-0.3, -0.25) is 0 Å². The van der Waals surface area contributed by atoms with Gasteiger partial charge in [0.05, 0.1) is 0 Å². The van der Waals surface area contributed by atoms with E-state index in [0.29, 0.717) is 16.6 Å². The van der Waals surface area contributed by atoms with Crippen LogP contribution in [0.5, 0.6) is 0 Å². The topological polar surface area (TPSA) is 50.4 Å². The molecule has 2 rings (SSSR count). The lowest BCUT2D eigenvalue weighted by atomic mass is 10.2. The Hall–Kier alpha value is -0.970. The van der Waals surface area contributed by atoms with Gasteiger partial charge < -0.3 is 15.4 Å². The molecule has 1 aromatic carbocycles. The quantitative estimate of drug-likeness (QED) is 0.883. The highest BCUT2D eigenvalue weighted by molar-refractivity contribution is 6.35. The van der Waals surface area contributed by atoms with E-state index in [4.69, 9.17) is 27.9 Å². The smallest absolute Gasteiger partial charge is 0.407 e. The lowest BCUT2D eigenvalue weighted by molar-refractivity contribution is 0.0522. The number of rotatable bonds is 4. The molecular weight excluding hydrogens is 311 g/mol. The maximum atomic E-state index is 11.6. The number of carbonyl (C=O) groups excluding carboxylic acids is 1. The zero-order chi connectivity index (χ0) is 15.6. The van der Waals surface area contributed by atoms with Crippen LogP contribution in [0.2, 0.25) is 10.0 Å². The van der Waals surface area contributed by atoms with Gasteiger partial charge in [-0.15, -0.1) is 0 Å². The number of halogens is 2. The summed E-state index contributed by atoms with van der Waals surface area (Å²) in [5.41, 5.74) is 0.399. The Morgan fingerprint density at radius 1 is 1.29 bits per heavy atom. The van der Waals surface area contributed by atoms with Crippen molar-refractivity contribution in [2.24, 2.45) is 0 Å². The minimum absolute atomic E-state index is 0.0983. The third kappa shape index (κ3) is 5.06. The molecular formula is C15H20Cl2N2O2. The van der Waals surface area contributed by atoms with Crippen molar-refractivity contribution < 1.29 is 9.53 Å². The van der Waals surface area contributed by atoms with Crippen LogP contribution in [0, 0.1) is 0 Å². The molecule has 0 spiro atoms. The maximum absolute atomic E-state index is 11.6. The van der Waals surface area contributed by atoms with Gasteiger partial charge in [-0.2, -0.15) is 0 Å². The molecule has 1 amide bonds. The summed E-state index contributed by atoms with van der Waals surface area (Å²) < 4.78 is 5.22. The van der Waals surface area contributed by atoms with Gasteiger partial charge in [0.2, 0.25) is 0 Å². The Labute approximate surface area is 135 Å². The van der Waals surface area contributed by atoms with E-state index in [1.807, 2.05) is 39.0 Å². The predicted octanol–water partition coefficient (Wildman–Crippen LogP) is 3.75. The van der Waals surface area contributed by atoms with Crippen molar-refractivity contribution in [3.05, 3.63) is 33.8 Å². The number of amides is 1. The molecule has 0 heterocycles. The minimum atomic E-state index is -0.479. The molecule has 2 N–H and O–H groups in total. The fraction of sp³-hybridized carbons (Fsp3) is 0.533. The first kappa shape index (κ1) is 16.4. The number of alkyl carbamates (subject to hydrolysis) is 1. The first-order chi connectivity index (χ1) is 9.76. The van der Waals surface area contributed by atoms with Gasteiger partial charge in [-0.25, -0.2) is 4.79 Å². The van der Waals surface area contributed by atoms with Crippen LogP contribution in [0.1, 0.15) is 32.8 Å². The molecule has 0 aromatic heterocycles. The summed E-state index contributed by atoms with van der Waals surface area (Å²) in [6.07, 6.45) is 0.494. The van der Waals surface area contributed by atoms with Crippen LogP contribution in [-0.2, 0) is 11.3 Å². The predicted molar refractivity (Wildman–Crippen MR) is 84.9 cm³/mol. The molecule has 0 saturated heterocycles.